The van der Waals surface area contributed by atoms with E-state index in [2.05, 4.69) is 60.7 Å². The topological polar surface area (TPSA) is 34.1 Å². The van der Waals surface area contributed by atoms with Gasteiger partial charge in [0.1, 0.15) is 0 Å². The minimum Gasteiger partial charge on any atom is -0.289 e. The zero-order valence-corrected chi connectivity index (χ0v) is 23.7. The third-order valence-electron chi connectivity index (χ3n) is 9.14. The molecule has 8 aromatic carbocycles. The van der Waals surface area contributed by atoms with Gasteiger partial charge in [0.05, 0.1) is 0 Å². The van der Waals surface area contributed by atoms with Crippen LogP contribution in [0, 0.1) is 0 Å². The Labute approximate surface area is 253 Å². The number of ketones is 2. The van der Waals surface area contributed by atoms with E-state index in [1.165, 1.54) is 0 Å². The summed E-state index contributed by atoms with van der Waals surface area (Å²) in [5.41, 5.74) is 5.84. The van der Waals surface area contributed by atoms with Crippen LogP contribution in [0.1, 0.15) is 31.8 Å². The number of fused-ring (bicyclic) bond motifs is 6. The average Bonchev–Trinajstić information content (AvgIpc) is 3.08. The van der Waals surface area contributed by atoms with Crippen LogP contribution in [0.15, 0.2) is 146 Å². The second kappa shape index (κ2) is 9.32. The molecule has 0 N–H and O–H groups in total. The Balaban J connectivity index is 1.22. The van der Waals surface area contributed by atoms with Crippen molar-refractivity contribution in [1.82, 2.24) is 0 Å². The molecule has 0 aliphatic heterocycles. The smallest absolute Gasteiger partial charge is 0.194 e. The molecule has 44 heavy (non-hydrogen) atoms. The van der Waals surface area contributed by atoms with E-state index in [1.807, 2.05) is 84.9 Å². The summed E-state index contributed by atoms with van der Waals surface area (Å²) in [6.45, 7) is 0. The molecule has 0 atom stereocenters. The molecule has 1 aliphatic rings. The summed E-state index contributed by atoms with van der Waals surface area (Å²) in [5, 5.41) is 9.03. The minimum atomic E-state index is -0.115. The molecule has 2 nitrogen and oxygen atoms in total. The van der Waals surface area contributed by atoms with Gasteiger partial charge in [0.15, 0.2) is 11.6 Å². The van der Waals surface area contributed by atoms with E-state index < -0.39 is 0 Å². The molecule has 0 radical (unpaired) electrons. The van der Waals surface area contributed by atoms with Gasteiger partial charge in [-0.1, -0.05) is 109 Å². The van der Waals surface area contributed by atoms with E-state index in [0.29, 0.717) is 22.3 Å². The number of benzene rings is 8. The first-order valence-corrected chi connectivity index (χ1v) is 14.8. The van der Waals surface area contributed by atoms with Crippen LogP contribution >= 0.6 is 0 Å². The lowest BCUT2D eigenvalue weighted by atomic mass is 9.80. The van der Waals surface area contributed by atoms with Crippen LogP contribution in [-0.2, 0) is 0 Å². The molecule has 9 rings (SSSR count). The molecule has 0 fully saturated rings. The van der Waals surface area contributed by atoms with E-state index in [4.69, 9.17) is 0 Å². The monoisotopic (exact) mass is 560 g/mol. The summed E-state index contributed by atoms with van der Waals surface area (Å²) in [6.07, 6.45) is 0. The molecule has 0 saturated heterocycles. The van der Waals surface area contributed by atoms with Crippen LogP contribution in [0.25, 0.3) is 65.3 Å². The predicted octanol–water partition coefficient (Wildman–Crippen LogP) is 10.4. The van der Waals surface area contributed by atoms with Crippen LogP contribution in [-0.4, -0.2) is 11.6 Å². The van der Waals surface area contributed by atoms with Crippen molar-refractivity contribution >= 4 is 54.7 Å². The lowest BCUT2D eigenvalue weighted by Crippen LogP contribution is -2.21. The maximum absolute atomic E-state index is 14.1. The number of hydrogen-bond acceptors (Lipinski definition) is 2. The molecular weight excluding hydrogens is 536 g/mol. The number of carbonyl (C=O) groups is 2. The highest BCUT2D eigenvalue weighted by Gasteiger charge is 2.31. The summed E-state index contributed by atoms with van der Waals surface area (Å²) in [6, 6.07) is 49.2. The molecule has 0 unspecified atom stereocenters. The van der Waals surface area contributed by atoms with Gasteiger partial charge in [-0.2, -0.15) is 0 Å². The van der Waals surface area contributed by atoms with Gasteiger partial charge in [0.2, 0.25) is 0 Å². The largest absolute Gasteiger partial charge is 0.289 e. The standard InChI is InChI=1S/C42H24O2/c43-41-36-20-18-30(40-33-15-7-3-11-27(33)22-28-12-4-8-16-34(28)40)24-38(36)42(44)35-19-17-29(23-37(35)41)39-31-13-5-1-9-25(31)21-26-10-2-6-14-32(26)39/h1-24H. The fraction of sp³-hybridized carbons (Fsp3) is 0. The molecule has 1 aliphatic carbocycles. The molecule has 0 saturated carbocycles. The van der Waals surface area contributed by atoms with Gasteiger partial charge in [0.25, 0.3) is 0 Å². The highest BCUT2D eigenvalue weighted by molar-refractivity contribution is 6.29. The molecule has 0 aromatic heterocycles. The first kappa shape index (κ1) is 24.7. The van der Waals surface area contributed by atoms with Crippen molar-refractivity contribution in [3.05, 3.63) is 168 Å². The summed E-state index contributed by atoms with van der Waals surface area (Å²) >= 11 is 0. The van der Waals surface area contributed by atoms with E-state index in [0.717, 1.165) is 65.3 Å². The van der Waals surface area contributed by atoms with Crippen LogP contribution in [0.4, 0.5) is 0 Å². The third-order valence-corrected chi connectivity index (χ3v) is 9.14. The fourth-order valence-corrected chi connectivity index (χ4v) is 7.11. The van der Waals surface area contributed by atoms with Crippen molar-refractivity contribution in [2.45, 2.75) is 0 Å². The summed E-state index contributed by atoms with van der Waals surface area (Å²) in [5.74, 6) is -0.231. The zero-order chi connectivity index (χ0) is 29.4. The van der Waals surface area contributed by atoms with Crippen LogP contribution < -0.4 is 0 Å². The van der Waals surface area contributed by atoms with Crippen molar-refractivity contribution in [1.29, 1.82) is 0 Å². The molecule has 0 amide bonds. The Bertz CT molecular complexity index is 2250. The molecule has 204 valence electrons. The zero-order valence-electron chi connectivity index (χ0n) is 23.7. The Morgan fingerprint density at radius 3 is 0.955 bits per heavy atom. The van der Waals surface area contributed by atoms with E-state index >= 15 is 0 Å². The molecule has 0 spiro atoms. The lowest BCUT2D eigenvalue weighted by Gasteiger charge is -2.21. The fourth-order valence-electron chi connectivity index (χ4n) is 7.11. The predicted molar refractivity (Wildman–Crippen MR) is 181 cm³/mol. The van der Waals surface area contributed by atoms with Gasteiger partial charge in [-0.05, 0) is 102 Å². The second-order valence-electron chi connectivity index (χ2n) is 11.6. The normalized spacial score (nSPS) is 12.6. The highest BCUT2D eigenvalue weighted by Crippen LogP contribution is 2.41. The van der Waals surface area contributed by atoms with Crippen molar-refractivity contribution in [2.24, 2.45) is 0 Å². The van der Waals surface area contributed by atoms with Crippen LogP contribution in [0.5, 0.6) is 0 Å². The highest BCUT2D eigenvalue weighted by atomic mass is 16.1. The van der Waals surface area contributed by atoms with Gasteiger partial charge >= 0.3 is 0 Å². The average molecular weight is 561 g/mol. The molecule has 0 bridgehead atoms. The summed E-state index contributed by atoms with van der Waals surface area (Å²) < 4.78 is 0. The lowest BCUT2D eigenvalue weighted by molar-refractivity contribution is 0.0979. The summed E-state index contributed by atoms with van der Waals surface area (Å²) in [4.78, 5) is 28.2. The maximum atomic E-state index is 14.1. The van der Waals surface area contributed by atoms with Gasteiger partial charge in [-0.3, -0.25) is 9.59 Å². The third kappa shape index (κ3) is 3.55. The minimum absolute atomic E-state index is 0.115. The van der Waals surface area contributed by atoms with E-state index in [-0.39, 0.29) is 11.6 Å². The van der Waals surface area contributed by atoms with Crippen molar-refractivity contribution in [2.75, 3.05) is 0 Å². The number of hydrogen-bond donors (Lipinski definition) is 0. The first-order valence-electron chi connectivity index (χ1n) is 14.8. The summed E-state index contributed by atoms with van der Waals surface area (Å²) in [7, 11) is 0. The van der Waals surface area contributed by atoms with Crippen LogP contribution in [0.3, 0.4) is 0 Å². The van der Waals surface area contributed by atoms with Crippen LogP contribution in [0.2, 0.25) is 0 Å². The second-order valence-corrected chi connectivity index (χ2v) is 11.6. The number of rotatable bonds is 2. The Kier molecular flexibility index (Phi) is 5.24. The SMILES string of the molecule is O=C1c2ccc(-c3c4ccccc4cc4ccccc34)cc2C(=O)c2ccc(-c3c4ccccc4cc4ccccc34)cc21. The van der Waals surface area contributed by atoms with E-state index in [1.54, 1.807) is 0 Å². The quantitative estimate of drug-likeness (QED) is 0.197. The van der Waals surface area contributed by atoms with Crippen molar-refractivity contribution in [3.63, 3.8) is 0 Å². The molecule has 2 heteroatoms. The molecule has 0 heterocycles. The van der Waals surface area contributed by atoms with Crippen molar-refractivity contribution in [3.8, 4) is 22.3 Å². The van der Waals surface area contributed by atoms with Gasteiger partial charge in [-0.15, -0.1) is 0 Å². The Hall–Kier alpha value is -5.86. The maximum Gasteiger partial charge on any atom is 0.194 e. The molecular formula is C42H24O2. The van der Waals surface area contributed by atoms with Gasteiger partial charge in [0, 0.05) is 22.3 Å². The first-order chi connectivity index (χ1) is 21.7. The van der Waals surface area contributed by atoms with Gasteiger partial charge in [-0.25, -0.2) is 0 Å². The molecule has 8 aromatic rings. The Morgan fingerprint density at radius 1 is 0.295 bits per heavy atom. The van der Waals surface area contributed by atoms with E-state index in [9.17, 15) is 9.59 Å². The van der Waals surface area contributed by atoms with Crippen molar-refractivity contribution < 1.29 is 9.59 Å². The Morgan fingerprint density at radius 2 is 0.614 bits per heavy atom. The number of carbonyl (C=O) groups excluding carboxylic acids is 2. The van der Waals surface area contributed by atoms with Gasteiger partial charge < -0.3 is 0 Å².